The third-order valence-electron chi connectivity index (χ3n) is 4.95. The molecule has 0 amide bonds. The molecule has 0 bridgehead atoms. The molecule has 2 fully saturated rings. The van der Waals surface area contributed by atoms with Crippen molar-refractivity contribution >= 4 is 0 Å². The van der Waals surface area contributed by atoms with Crippen molar-refractivity contribution in [2.24, 2.45) is 0 Å². The summed E-state index contributed by atoms with van der Waals surface area (Å²) in [6, 6.07) is 0. The van der Waals surface area contributed by atoms with Crippen LogP contribution in [0.15, 0.2) is 4.52 Å². The lowest BCUT2D eigenvalue weighted by Gasteiger charge is -2.27. The van der Waals surface area contributed by atoms with Gasteiger partial charge in [-0.25, -0.2) is 0 Å². The van der Waals surface area contributed by atoms with Crippen LogP contribution in [0.2, 0.25) is 0 Å². The second-order valence-corrected chi connectivity index (χ2v) is 6.17. The predicted molar refractivity (Wildman–Crippen MR) is 73.3 cm³/mol. The number of ether oxygens (including phenoxy) is 1. The minimum atomic E-state index is -0.387. The number of aliphatic hydroxyl groups excluding tert-OH is 1. The van der Waals surface area contributed by atoms with E-state index >= 15 is 0 Å². The monoisotopic (exact) mass is 280 g/mol. The molecule has 0 spiro atoms. The molecule has 1 N–H and O–H groups in total. The van der Waals surface area contributed by atoms with Gasteiger partial charge >= 0.3 is 0 Å². The molecule has 5 nitrogen and oxygen atoms in total. The zero-order chi connectivity index (χ0) is 14.0. The number of aromatic nitrogens is 2. The van der Waals surface area contributed by atoms with Crippen molar-refractivity contribution < 1.29 is 14.4 Å². The number of aliphatic hydroxyl groups is 1. The summed E-state index contributed by atoms with van der Waals surface area (Å²) in [5.74, 6) is 1.28. The van der Waals surface area contributed by atoms with Crippen LogP contribution in [-0.2, 0) is 10.3 Å². The van der Waals surface area contributed by atoms with Crippen LogP contribution in [0.1, 0.15) is 75.4 Å². The molecule has 5 heteroatoms. The lowest BCUT2D eigenvalue weighted by atomic mass is 9.93. The van der Waals surface area contributed by atoms with Gasteiger partial charge in [0, 0.05) is 7.11 Å². The molecule has 112 valence electrons. The van der Waals surface area contributed by atoms with Crippen LogP contribution < -0.4 is 0 Å². The van der Waals surface area contributed by atoms with Crippen molar-refractivity contribution in [3.8, 4) is 0 Å². The fourth-order valence-electron chi connectivity index (χ4n) is 3.62. The molecule has 20 heavy (non-hydrogen) atoms. The molecule has 2 atom stereocenters. The Morgan fingerprint density at radius 2 is 1.90 bits per heavy atom. The van der Waals surface area contributed by atoms with Crippen molar-refractivity contribution in [2.75, 3.05) is 7.11 Å². The highest BCUT2D eigenvalue weighted by Gasteiger charge is 2.39. The Morgan fingerprint density at radius 1 is 1.15 bits per heavy atom. The van der Waals surface area contributed by atoms with Crippen molar-refractivity contribution in [1.29, 1.82) is 0 Å². The zero-order valence-corrected chi connectivity index (χ0v) is 12.2. The first kappa shape index (κ1) is 14.0. The standard InChI is InChI=1S/C15H24N2O3/c1-19-15(9-4-2-3-5-10-15)14-16-13(20-17-14)11-7-6-8-12(11)18/h11-12,18H,2-10H2,1H3. The van der Waals surface area contributed by atoms with Crippen molar-refractivity contribution in [3.05, 3.63) is 11.7 Å². The highest BCUT2D eigenvalue weighted by molar-refractivity contribution is 5.07. The first-order chi connectivity index (χ1) is 9.75. The van der Waals surface area contributed by atoms with E-state index < -0.39 is 0 Å². The minimum absolute atomic E-state index is 0.0101. The Hall–Kier alpha value is -0.940. The van der Waals surface area contributed by atoms with Gasteiger partial charge in [0.15, 0.2) is 0 Å². The molecule has 2 saturated carbocycles. The van der Waals surface area contributed by atoms with Crippen molar-refractivity contribution in [3.63, 3.8) is 0 Å². The van der Waals surface area contributed by atoms with Gasteiger partial charge in [0.1, 0.15) is 5.60 Å². The summed E-state index contributed by atoms with van der Waals surface area (Å²) in [6.45, 7) is 0. The summed E-state index contributed by atoms with van der Waals surface area (Å²) >= 11 is 0. The van der Waals surface area contributed by atoms with Crippen LogP contribution in [-0.4, -0.2) is 28.5 Å². The van der Waals surface area contributed by atoms with Gasteiger partial charge in [0.05, 0.1) is 12.0 Å². The van der Waals surface area contributed by atoms with Crippen LogP contribution >= 0.6 is 0 Å². The molecule has 1 heterocycles. The molecule has 0 aromatic carbocycles. The average Bonchev–Trinajstić information content (AvgIpc) is 3.03. The Bertz CT molecular complexity index is 438. The van der Waals surface area contributed by atoms with Gasteiger partial charge < -0.3 is 14.4 Å². The third-order valence-corrected chi connectivity index (χ3v) is 4.95. The van der Waals surface area contributed by atoms with Gasteiger partial charge in [0.25, 0.3) is 0 Å². The van der Waals surface area contributed by atoms with Gasteiger partial charge in [-0.05, 0) is 32.1 Å². The minimum Gasteiger partial charge on any atom is -0.392 e. The Balaban J connectivity index is 1.83. The van der Waals surface area contributed by atoms with Crippen LogP contribution in [0, 0.1) is 0 Å². The Kier molecular flexibility index (Phi) is 4.08. The summed E-state index contributed by atoms with van der Waals surface area (Å²) in [7, 11) is 1.74. The van der Waals surface area contributed by atoms with Crippen LogP contribution in [0.5, 0.6) is 0 Å². The summed E-state index contributed by atoms with van der Waals surface area (Å²) < 4.78 is 11.2. The first-order valence-electron chi connectivity index (χ1n) is 7.82. The van der Waals surface area contributed by atoms with E-state index in [1.807, 2.05) is 0 Å². The molecule has 0 radical (unpaired) electrons. The molecular weight excluding hydrogens is 256 g/mol. The molecule has 1 aromatic heterocycles. The summed E-state index contributed by atoms with van der Waals surface area (Å²) in [6.07, 6.45) is 9.14. The molecule has 2 aliphatic carbocycles. The maximum absolute atomic E-state index is 9.97. The van der Waals surface area contributed by atoms with Gasteiger partial charge in [-0.1, -0.05) is 30.8 Å². The second-order valence-electron chi connectivity index (χ2n) is 6.17. The molecule has 0 saturated heterocycles. The van der Waals surface area contributed by atoms with Gasteiger partial charge in [-0.2, -0.15) is 4.98 Å². The number of hydrogen-bond acceptors (Lipinski definition) is 5. The molecule has 2 unspecified atom stereocenters. The van der Waals surface area contributed by atoms with E-state index in [2.05, 4.69) is 10.1 Å². The van der Waals surface area contributed by atoms with Gasteiger partial charge in [-0.3, -0.25) is 0 Å². The average molecular weight is 280 g/mol. The molecule has 0 aliphatic heterocycles. The lowest BCUT2D eigenvalue weighted by Crippen LogP contribution is -2.29. The molecule has 3 rings (SSSR count). The van der Waals surface area contributed by atoms with E-state index in [-0.39, 0.29) is 17.6 Å². The van der Waals surface area contributed by atoms with Crippen LogP contribution in [0.25, 0.3) is 0 Å². The van der Waals surface area contributed by atoms with E-state index in [4.69, 9.17) is 9.26 Å². The van der Waals surface area contributed by atoms with Gasteiger partial charge in [-0.15, -0.1) is 0 Å². The normalized spacial score (nSPS) is 30.3. The van der Waals surface area contributed by atoms with Crippen molar-refractivity contribution in [1.82, 2.24) is 10.1 Å². The van der Waals surface area contributed by atoms with Crippen molar-refractivity contribution in [2.45, 2.75) is 75.4 Å². The fraction of sp³-hybridized carbons (Fsp3) is 0.867. The highest BCUT2D eigenvalue weighted by atomic mass is 16.5. The largest absolute Gasteiger partial charge is 0.392 e. The highest BCUT2D eigenvalue weighted by Crippen LogP contribution is 2.39. The van der Waals surface area contributed by atoms with E-state index in [0.717, 1.165) is 44.9 Å². The SMILES string of the molecule is COC1(c2noc(C3CCCC3O)n2)CCCCCC1. The quantitative estimate of drug-likeness (QED) is 0.862. The Labute approximate surface area is 119 Å². The number of rotatable bonds is 3. The maximum Gasteiger partial charge on any atom is 0.232 e. The zero-order valence-electron chi connectivity index (χ0n) is 12.2. The van der Waals surface area contributed by atoms with E-state index in [0.29, 0.717) is 11.7 Å². The summed E-state index contributed by atoms with van der Waals surface area (Å²) in [5, 5.41) is 14.2. The Morgan fingerprint density at radius 3 is 2.50 bits per heavy atom. The third kappa shape index (κ3) is 2.49. The number of hydrogen-bond donors (Lipinski definition) is 1. The van der Waals surface area contributed by atoms with Crippen LogP contribution in [0.3, 0.4) is 0 Å². The number of methoxy groups -OCH3 is 1. The number of nitrogens with zero attached hydrogens (tertiary/aromatic N) is 2. The van der Waals surface area contributed by atoms with Crippen LogP contribution in [0.4, 0.5) is 0 Å². The molecular formula is C15H24N2O3. The second kappa shape index (κ2) is 5.82. The molecule has 1 aromatic rings. The summed E-state index contributed by atoms with van der Waals surface area (Å²) in [5.41, 5.74) is -0.387. The predicted octanol–water partition coefficient (Wildman–Crippen LogP) is 2.89. The van der Waals surface area contributed by atoms with E-state index in [1.54, 1.807) is 7.11 Å². The smallest absolute Gasteiger partial charge is 0.232 e. The van der Waals surface area contributed by atoms with Gasteiger partial charge in [0.2, 0.25) is 11.7 Å². The van der Waals surface area contributed by atoms with E-state index in [1.165, 1.54) is 12.8 Å². The van der Waals surface area contributed by atoms with E-state index in [9.17, 15) is 5.11 Å². The maximum atomic E-state index is 9.97. The lowest BCUT2D eigenvalue weighted by molar-refractivity contribution is -0.0365. The summed E-state index contributed by atoms with van der Waals surface area (Å²) in [4.78, 5) is 4.59. The first-order valence-corrected chi connectivity index (χ1v) is 7.82. The molecule has 2 aliphatic rings. The topological polar surface area (TPSA) is 68.4 Å². The fourth-order valence-corrected chi connectivity index (χ4v) is 3.62.